The minimum atomic E-state index is 0.0557. The number of rotatable bonds is 3. The molecule has 0 aliphatic heterocycles. The van der Waals surface area contributed by atoms with Crippen LogP contribution in [0.4, 0.5) is 0 Å². The lowest BCUT2D eigenvalue weighted by molar-refractivity contribution is 0.558. The molecule has 1 aliphatic carbocycles. The fourth-order valence-corrected chi connectivity index (χ4v) is 2.58. The second-order valence-electron chi connectivity index (χ2n) is 4.84. The van der Waals surface area contributed by atoms with Crippen molar-refractivity contribution in [1.82, 2.24) is 9.55 Å². The van der Waals surface area contributed by atoms with Crippen LogP contribution in [-0.4, -0.2) is 9.55 Å². The molecule has 3 unspecified atom stereocenters. The van der Waals surface area contributed by atoms with Crippen LogP contribution in [0.25, 0.3) is 0 Å². The molecule has 3 atom stereocenters. The number of nitrogens with two attached hydrogens (primary N) is 1. The van der Waals surface area contributed by atoms with Gasteiger partial charge in [0.15, 0.2) is 0 Å². The van der Waals surface area contributed by atoms with E-state index in [1.54, 1.807) is 0 Å². The van der Waals surface area contributed by atoms with Crippen molar-refractivity contribution >= 4 is 0 Å². The van der Waals surface area contributed by atoms with Gasteiger partial charge in [-0.15, -0.1) is 0 Å². The lowest BCUT2D eigenvalue weighted by atomic mass is 10.1. The molecule has 1 aromatic heterocycles. The van der Waals surface area contributed by atoms with Crippen molar-refractivity contribution in [2.75, 3.05) is 0 Å². The summed E-state index contributed by atoms with van der Waals surface area (Å²) in [4.78, 5) is 4.34. The van der Waals surface area contributed by atoms with E-state index in [1.165, 1.54) is 12.0 Å². The Labute approximate surface area is 101 Å². The molecule has 1 aromatic carbocycles. The summed E-state index contributed by atoms with van der Waals surface area (Å²) in [6.45, 7) is 0. The molecule has 88 valence electrons. The Morgan fingerprint density at radius 1 is 1.35 bits per heavy atom. The van der Waals surface area contributed by atoms with E-state index in [0.29, 0.717) is 11.8 Å². The first-order valence-electron chi connectivity index (χ1n) is 6.05. The summed E-state index contributed by atoms with van der Waals surface area (Å²) < 4.78 is 2.02. The van der Waals surface area contributed by atoms with Gasteiger partial charge in [-0.1, -0.05) is 30.3 Å². The summed E-state index contributed by atoms with van der Waals surface area (Å²) in [6.07, 6.45) is 4.95. The summed E-state index contributed by atoms with van der Waals surface area (Å²) >= 11 is 0. The normalized spacial score (nSPS) is 24.6. The van der Waals surface area contributed by atoms with Crippen LogP contribution in [0, 0.1) is 5.92 Å². The van der Waals surface area contributed by atoms with Crippen molar-refractivity contribution in [1.29, 1.82) is 0 Å². The summed E-state index contributed by atoms with van der Waals surface area (Å²) in [6, 6.07) is 10.7. The van der Waals surface area contributed by atoms with Crippen LogP contribution in [0.5, 0.6) is 0 Å². The van der Waals surface area contributed by atoms with Crippen LogP contribution < -0.4 is 5.73 Å². The van der Waals surface area contributed by atoms with E-state index < -0.39 is 0 Å². The highest BCUT2D eigenvalue weighted by Gasteiger charge is 2.43. The molecule has 0 amide bonds. The van der Waals surface area contributed by atoms with Gasteiger partial charge >= 0.3 is 0 Å². The first-order chi connectivity index (χ1) is 8.27. The van der Waals surface area contributed by atoms with Gasteiger partial charge in [0.2, 0.25) is 0 Å². The molecule has 3 nitrogen and oxygen atoms in total. The van der Waals surface area contributed by atoms with Gasteiger partial charge in [-0.25, -0.2) is 4.98 Å². The van der Waals surface area contributed by atoms with Gasteiger partial charge in [0, 0.05) is 19.4 Å². The Morgan fingerprint density at radius 2 is 2.12 bits per heavy atom. The van der Waals surface area contributed by atoms with Gasteiger partial charge in [-0.05, 0) is 23.8 Å². The molecular weight excluding hydrogens is 210 g/mol. The maximum atomic E-state index is 6.29. The topological polar surface area (TPSA) is 43.8 Å². The predicted octanol–water partition coefficient (Wildman–Crippen LogP) is 2.22. The molecule has 17 heavy (non-hydrogen) atoms. The van der Waals surface area contributed by atoms with Gasteiger partial charge in [-0.3, -0.25) is 0 Å². The highest BCUT2D eigenvalue weighted by atomic mass is 15.1. The molecule has 1 heterocycles. The quantitative estimate of drug-likeness (QED) is 0.873. The van der Waals surface area contributed by atoms with E-state index in [9.17, 15) is 0 Å². The third-order valence-corrected chi connectivity index (χ3v) is 3.69. The number of benzene rings is 1. The Hall–Kier alpha value is -1.61. The number of hydrogen-bond acceptors (Lipinski definition) is 2. The average Bonchev–Trinajstić information content (AvgIpc) is 3.05. The van der Waals surface area contributed by atoms with Crippen molar-refractivity contribution < 1.29 is 0 Å². The SMILES string of the molecule is Cn1ccnc1C(N)C1CC1c1ccccc1. The molecule has 3 heteroatoms. The van der Waals surface area contributed by atoms with E-state index in [2.05, 4.69) is 35.3 Å². The molecule has 0 radical (unpaired) electrons. The third-order valence-electron chi connectivity index (χ3n) is 3.69. The summed E-state index contributed by atoms with van der Waals surface area (Å²) in [5.74, 6) is 2.15. The van der Waals surface area contributed by atoms with Crippen molar-refractivity contribution in [2.45, 2.75) is 18.4 Å². The number of hydrogen-bond donors (Lipinski definition) is 1. The molecule has 1 fully saturated rings. The Kier molecular flexibility index (Phi) is 2.48. The minimum absolute atomic E-state index is 0.0557. The zero-order valence-corrected chi connectivity index (χ0v) is 9.95. The summed E-state index contributed by atoms with van der Waals surface area (Å²) in [5.41, 5.74) is 7.69. The number of aromatic nitrogens is 2. The maximum absolute atomic E-state index is 6.29. The first kappa shape index (κ1) is 10.5. The fraction of sp³-hybridized carbons (Fsp3) is 0.357. The predicted molar refractivity (Wildman–Crippen MR) is 67.4 cm³/mol. The molecule has 0 spiro atoms. The van der Waals surface area contributed by atoms with Crippen LogP contribution in [0.2, 0.25) is 0 Å². The van der Waals surface area contributed by atoms with E-state index in [1.807, 2.05) is 24.0 Å². The highest BCUT2D eigenvalue weighted by Crippen LogP contribution is 2.52. The summed E-state index contributed by atoms with van der Waals surface area (Å²) in [7, 11) is 2.00. The zero-order valence-electron chi connectivity index (χ0n) is 9.95. The minimum Gasteiger partial charge on any atom is -0.337 e. The van der Waals surface area contributed by atoms with Crippen LogP contribution in [0.1, 0.15) is 29.8 Å². The Bertz CT molecular complexity index is 503. The molecule has 2 N–H and O–H groups in total. The smallest absolute Gasteiger partial charge is 0.125 e. The van der Waals surface area contributed by atoms with Crippen LogP contribution >= 0.6 is 0 Å². The number of nitrogens with zero attached hydrogens (tertiary/aromatic N) is 2. The van der Waals surface area contributed by atoms with Crippen molar-refractivity contribution in [2.24, 2.45) is 18.7 Å². The fourth-order valence-electron chi connectivity index (χ4n) is 2.58. The molecule has 1 aliphatic rings. The van der Waals surface area contributed by atoms with Gasteiger partial charge in [-0.2, -0.15) is 0 Å². The molecular formula is C14H17N3. The molecule has 2 aromatic rings. The van der Waals surface area contributed by atoms with Crippen LogP contribution in [0.15, 0.2) is 42.7 Å². The molecule has 0 bridgehead atoms. The number of imidazole rings is 1. The zero-order chi connectivity index (χ0) is 11.8. The molecule has 3 rings (SSSR count). The van der Waals surface area contributed by atoms with Gasteiger partial charge in [0.05, 0.1) is 6.04 Å². The standard InChI is InChI=1S/C14H17N3/c1-17-8-7-16-14(17)13(15)12-9-11(12)10-5-3-2-4-6-10/h2-8,11-13H,9,15H2,1H3. The monoisotopic (exact) mass is 227 g/mol. The second-order valence-corrected chi connectivity index (χ2v) is 4.84. The Morgan fingerprint density at radius 3 is 2.76 bits per heavy atom. The summed E-state index contributed by atoms with van der Waals surface area (Å²) in [5, 5.41) is 0. The van der Waals surface area contributed by atoms with Crippen molar-refractivity contribution in [3.8, 4) is 0 Å². The first-order valence-corrected chi connectivity index (χ1v) is 6.05. The van der Waals surface area contributed by atoms with E-state index >= 15 is 0 Å². The van der Waals surface area contributed by atoms with Crippen LogP contribution in [0.3, 0.4) is 0 Å². The van der Waals surface area contributed by atoms with Gasteiger partial charge in [0.25, 0.3) is 0 Å². The van der Waals surface area contributed by atoms with Gasteiger partial charge < -0.3 is 10.3 Å². The maximum Gasteiger partial charge on any atom is 0.125 e. The van der Waals surface area contributed by atoms with E-state index in [-0.39, 0.29) is 6.04 Å². The van der Waals surface area contributed by atoms with Gasteiger partial charge in [0.1, 0.15) is 5.82 Å². The molecule has 0 saturated heterocycles. The lowest BCUT2D eigenvalue weighted by Crippen LogP contribution is -2.17. The highest BCUT2D eigenvalue weighted by molar-refractivity contribution is 5.27. The van der Waals surface area contributed by atoms with Crippen molar-refractivity contribution in [3.05, 3.63) is 54.1 Å². The van der Waals surface area contributed by atoms with Crippen molar-refractivity contribution in [3.63, 3.8) is 0 Å². The van der Waals surface area contributed by atoms with E-state index in [4.69, 9.17) is 5.73 Å². The number of aryl methyl sites for hydroxylation is 1. The lowest BCUT2D eigenvalue weighted by Gasteiger charge is -2.11. The molecule has 1 saturated carbocycles. The Balaban J connectivity index is 1.75. The average molecular weight is 227 g/mol. The van der Waals surface area contributed by atoms with Crippen LogP contribution in [-0.2, 0) is 7.05 Å². The van der Waals surface area contributed by atoms with E-state index in [0.717, 1.165) is 5.82 Å². The largest absolute Gasteiger partial charge is 0.337 e. The third kappa shape index (κ3) is 1.87. The second kappa shape index (κ2) is 4.00.